The van der Waals surface area contributed by atoms with Gasteiger partial charge in [-0.15, -0.1) is 0 Å². The number of carbonyl (C=O) groups excluding carboxylic acids is 1. The number of benzene rings is 1. The molecule has 0 amide bonds. The van der Waals surface area contributed by atoms with Gasteiger partial charge in [-0.05, 0) is 12.1 Å². The lowest BCUT2D eigenvalue weighted by molar-refractivity contribution is -0.138. The minimum atomic E-state index is -1.01. The topological polar surface area (TPSA) is 76.4 Å². The Morgan fingerprint density at radius 1 is 1.22 bits per heavy atom. The van der Waals surface area contributed by atoms with E-state index in [-0.39, 0.29) is 30.7 Å². The minimum absolute atomic E-state index is 0.0456. The number of fused-ring (bicyclic) bond motifs is 1. The van der Waals surface area contributed by atoms with E-state index in [4.69, 9.17) is 5.11 Å². The maximum absolute atomic E-state index is 11.9. The Hall–Kier alpha value is -1.95. The van der Waals surface area contributed by atoms with Crippen molar-refractivity contribution in [3.63, 3.8) is 0 Å². The largest absolute Gasteiger partial charge is 0.481 e. The van der Waals surface area contributed by atoms with Gasteiger partial charge in [0.25, 0.3) is 5.56 Å². The van der Waals surface area contributed by atoms with Gasteiger partial charge >= 0.3 is 5.97 Å². The van der Waals surface area contributed by atoms with E-state index in [1.807, 2.05) is 12.1 Å². The minimum Gasteiger partial charge on any atom is -0.481 e. The third kappa shape index (κ3) is 2.65. The second-order valence-corrected chi connectivity index (χ2v) is 4.92. The van der Waals surface area contributed by atoms with Crippen molar-refractivity contribution >= 4 is 33.4 Å². The molecule has 0 saturated heterocycles. The number of carboxylic acid groups (broad SMARTS) is 1. The second-order valence-electron chi connectivity index (χ2n) is 3.86. The number of aromatic nitrogens is 1. The lowest BCUT2D eigenvalue weighted by Gasteiger charge is -1.98. The Kier molecular flexibility index (Phi) is 3.57. The van der Waals surface area contributed by atoms with Crippen molar-refractivity contribution in [2.45, 2.75) is 19.4 Å². The van der Waals surface area contributed by atoms with E-state index in [1.165, 1.54) is 15.5 Å². The summed E-state index contributed by atoms with van der Waals surface area (Å²) in [5.74, 6) is -1.25. The van der Waals surface area contributed by atoms with Gasteiger partial charge in [-0.1, -0.05) is 23.7 Å². The van der Waals surface area contributed by atoms with Crippen LogP contribution in [0.15, 0.2) is 29.1 Å². The van der Waals surface area contributed by atoms with Crippen molar-refractivity contribution in [2.75, 3.05) is 0 Å². The number of Topliss-reactive ketones (excluding diaryl/α,β-unsaturated/α-hetero) is 1. The van der Waals surface area contributed by atoms with Gasteiger partial charge in [0.05, 0.1) is 23.1 Å². The summed E-state index contributed by atoms with van der Waals surface area (Å²) in [4.78, 5) is 33.8. The molecule has 5 nitrogen and oxygen atoms in total. The molecule has 0 bridgehead atoms. The molecule has 0 fully saturated rings. The summed E-state index contributed by atoms with van der Waals surface area (Å²) in [5.41, 5.74) is -0.195. The average Bonchev–Trinajstić information content (AvgIpc) is 2.65. The zero-order valence-corrected chi connectivity index (χ0v) is 10.3. The lowest BCUT2D eigenvalue weighted by atomic mass is 10.2. The van der Waals surface area contributed by atoms with Crippen LogP contribution < -0.4 is 5.56 Å². The lowest BCUT2D eigenvalue weighted by Crippen LogP contribution is -2.19. The van der Waals surface area contributed by atoms with Gasteiger partial charge in [0, 0.05) is 6.42 Å². The zero-order valence-electron chi connectivity index (χ0n) is 9.46. The predicted octanol–water partition coefficient (Wildman–Crippen LogP) is 1.50. The molecule has 0 radical (unpaired) electrons. The van der Waals surface area contributed by atoms with Crippen molar-refractivity contribution in [1.29, 1.82) is 0 Å². The molecule has 2 aromatic rings. The quantitative estimate of drug-likeness (QED) is 0.888. The van der Waals surface area contributed by atoms with Crippen LogP contribution in [0.25, 0.3) is 10.1 Å². The highest BCUT2D eigenvalue weighted by atomic mass is 32.1. The monoisotopic (exact) mass is 265 g/mol. The number of carboxylic acids is 1. The third-order valence-corrected chi connectivity index (χ3v) is 3.56. The van der Waals surface area contributed by atoms with Crippen LogP contribution in [0.1, 0.15) is 12.8 Å². The van der Waals surface area contributed by atoms with Gasteiger partial charge in [0.2, 0.25) is 0 Å². The zero-order chi connectivity index (χ0) is 13.1. The third-order valence-electron chi connectivity index (χ3n) is 2.49. The van der Waals surface area contributed by atoms with Crippen molar-refractivity contribution in [3.8, 4) is 0 Å². The highest BCUT2D eigenvalue weighted by Gasteiger charge is 2.11. The fourth-order valence-electron chi connectivity index (χ4n) is 1.61. The van der Waals surface area contributed by atoms with Crippen LogP contribution in [-0.4, -0.2) is 20.8 Å². The first-order valence-corrected chi connectivity index (χ1v) is 6.17. The fraction of sp³-hybridized carbons (Fsp3) is 0.250. The number of ketones is 1. The summed E-state index contributed by atoms with van der Waals surface area (Å²) in [6, 6.07) is 7.13. The van der Waals surface area contributed by atoms with E-state index in [0.29, 0.717) is 5.39 Å². The molecule has 1 N–H and O–H groups in total. The molecule has 0 atom stereocenters. The van der Waals surface area contributed by atoms with E-state index in [1.54, 1.807) is 12.1 Å². The summed E-state index contributed by atoms with van der Waals surface area (Å²) in [6.45, 7) is -0.0501. The number of hydrogen-bond acceptors (Lipinski definition) is 4. The smallest absolute Gasteiger partial charge is 0.303 e. The summed E-state index contributed by atoms with van der Waals surface area (Å²) >= 11 is 1.22. The molecular weight excluding hydrogens is 254 g/mol. The number of nitrogens with zero attached hydrogens (tertiary/aromatic N) is 1. The normalized spacial score (nSPS) is 10.7. The van der Waals surface area contributed by atoms with Gasteiger partial charge in [-0.2, -0.15) is 0 Å². The van der Waals surface area contributed by atoms with E-state index < -0.39 is 5.97 Å². The Morgan fingerprint density at radius 2 is 1.94 bits per heavy atom. The Balaban J connectivity index is 2.17. The maximum Gasteiger partial charge on any atom is 0.303 e. The van der Waals surface area contributed by atoms with Crippen LogP contribution in [-0.2, 0) is 16.1 Å². The molecule has 6 heteroatoms. The number of rotatable bonds is 5. The Bertz CT molecular complexity index is 655. The Morgan fingerprint density at radius 3 is 2.61 bits per heavy atom. The van der Waals surface area contributed by atoms with Crippen molar-refractivity contribution in [1.82, 2.24) is 3.96 Å². The SMILES string of the molecule is O=C(O)CCC(=O)Cn1sc2ccccc2c1=O. The van der Waals surface area contributed by atoms with E-state index in [0.717, 1.165) is 4.70 Å². The highest BCUT2D eigenvalue weighted by Crippen LogP contribution is 2.15. The van der Waals surface area contributed by atoms with Gasteiger partial charge in [-0.3, -0.25) is 18.3 Å². The van der Waals surface area contributed by atoms with E-state index in [2.05, 4.69) is 0 Å². The molecule has 1 heterocycles. The molecule has 1 aromatic carbocycles. The number of hydrogen-bond donors (Lipinski definition) is 1. The van der Waals surface area contributed by atoms with Crippen LogP contribution in [0.4, 0.5) is 0 Å². The predicted molar refractivity (Wildman–Crippen MR) is 68.0 cm³/mol. The molecule has 1 aromatic heterocycles. The van der Waals surface area contributed by atoms with Gasteiger partial charge in [0.1, 0.15) is 0 Å². The molecule has 2 rings (SSSR count). The molecule has 94 valence electrons. The van der Waals surface area contributed by atoms with E-state index >= 15 is 0 Å². The first-order chi connectivity index (χ1) is 8.58. The van der Waals surface area contributed by atoms with Crippen LogP contribution in [0.5, 0.6) is 0 Å². The maximum atomic E-state index is 11.9. The number of aliphatic carboxylic acids is 1. The first kappa shape index (κ1) is 12.5. The summed E-state index contributed by atoms with van der Waals surface area (Å²) < 4.78 is 2.20. The van der Waals surface area contributed by atoms with Gasteiger partial charge in [0.15, 0.2) is 5.78 Å². The molecular formula is C12H11NO4S. The average molecular weight is 265 g/mol. The summed E-state index contributed by atoms with van der Waals surface area (Å²) in [7, 11) is 0. The van der Waals surface area contributed by atoms with Crippen LogP contribution in [0.2, 0.25) is 0 Å². The molecule has 0 aliphatic carbocycles. The van der Waals surface area contributed by atoms with Crippen LogP contribution >= 0.6 is 11.5 Å². The van der Waals surface area contributed by atoms with Crippen molar-refractivity contribution < 1.29 is 14.7 Å². The summed E-state index contributed by atoms with van der Waals surface area (Å²) in [5, 5.41) is 9.07. The second kappa shape index (κ2) is 5.14. The molecule has 0 aliphatic rings. The van der Waals surface area contributed by atoms with Gasteiger partial charge < -0.3 is 5.11 Å². The first-order valence-electron chi connectivity index (χ1n) is 5.40. The van der Waals surface area contributed by atoms with Crippen LogP contribution in [0.3, 0.4) is 0 Å². The molecule has 0 saturated carbocycles. The van der Waals surface area contributed by atoms with Crippen LogP contribution in [0, 0.1) is 0 Å². The standard InChI is InChI=1S/C12H11NO4S/c14-8(5-6-11(15)16)7-13-12(17)9-3-1-2-4-10(9)18-13/h1-4H,5-7H2,(H,15,16). The molecule has 0 unspecified atom stereocenters. The van der Waals surface area contributed by atoms with Crippen molar-refractivity contribution in [3.05, 3.63) is 34.6 Å². The number of carbonyl (C=O) groups is 2. The molecule has 0 aliphatic heterocycles. The van der Waals surface area contributed by atoms with E-state index in [9.17, 15) is 14.4 Å². The Labute approximate surface area is 106 Å². The fourth-order valence-corrected chi connectivity index (χ4v) is 2.63. The molecule has 0 spiro atoms. The summed E-state index contributed by atoms with van der Waals surface area (Å²) in [6.07, 6.45) is -0.242. The van der Waals surface area contributed by atoms with Crippen molar-refractivity contribution in [2.24, 2.45) is 0 Å². The highest BCUT2D eigenvalue weighted by molar-refractivity contribution is 7.13. The van der Waals surface area contributed by atoms with Gasteiger partial charge in [-0.25, -0.2) is 0 Å². The molecule has 18 heavy (non-hydrogen) atoms.